The molecule has 0 aromatic carbocycles. The maximum Gasteiger partial charge on any atom is 0.262 e. The molecule has 3 aromatic heterocycles. The number of rotatable bonds is 4. The van der Waals surface area contributed by atoms with Crippen LogP contribution in [0.15, 0.2) is 34.0 Å². The van der Waals surface area contributed by atoms with Gasteiger partial charge in [0.05, 0.1) is 11.7 Å². The van der Waals surface area contributed by atoms with E-state index in [0.29, 0.717) is 10.2 Å². The Morgan fingerprint density at radius 2 is 2.25 bits per heavy atom. The number of aromatic nitrogens is 2. The zero-order chi connectivity index (χ0) is 14.1. The molecule has 3 aromatic rings. The van der Waals surface area contributed by atoms with E-state index in [9.17, 15) is 9.59 Å². The molecule has 0 fully saturated rings. The van der Waals surface area contributed by atoms with E-state index in [1.807, 2.05) is 22.9 Å². The maximum atomic E-state index is 12.5. The van der Waals surface area contributed by atoms with E-state index in [0.717, 1.165) is 10.4 Å². The van der Waals surface area contributed by atoms with Crippen LogP contribution >= 0.6 is 22.7 Å². The first kappa shape index (κ1) is 13.0. The molecular weight excluding hydrogens is 294 g/mol. The fraction of sp³-hybridized carbons (Fsp3) is 0.154. The SMILES string of the molecule is NC(=O)CCn1cnc2scc(-c3cccs3)c2c1=O. The number of nitrogens with zero attached hydrogens (tertiary/aromatic N) is 2. The molecule has 7 heteroatoms. The molecular formula is C13H11N3O2S2. The highest BCUT2D eigenvalue weighted by Gasteiger charge is 2.13. The van der Waals surface area contributed by atoms with Crippen molar-refractivity contribution in [2.24, 2.45) is 5.73 Å². The van der Waals surface area contributed by atoms with Crippen molar-refractivity contribution >= 4 is 38.8 Å². The highest BCUT2D eigenvalue weighted by atomic mass is 32.1. The number of thiophene rings is 2. The molecule has 20 heavy (non-hydrogen) atoms. The van der Waals surface area contributed by atoms with Gasteiger partial charge in [-0.05, 0) is 11.4 Å². The molecule has 0 bridgehead atoms. The Kier molecular flexibility index (Phi) is 3.37. The number of hydrogen-bond acceptors (Lipinski definition) is 5. The van der Waals surface area contributed by atoms with Crippen LogP contribution in [0.1, 0.15) is 6.42 Å². The van der Waals surface area contributed by atoms with Crippen LogP contribution in [-0.4, -0.2) is 15.5 Å². The summed E-state index contributed by atoms with van der Waals surface area (Å²) in [6.07, 6.45) is 1.61. The Hall–Kier alpha value is -1.99. The number of aryl methyl sites for hydroxylation is 1. The van der Waals surface area contributed by atoms with Crippen molar-refractivity contribution in [3.05, 3.63) is 39.6 Å². The van der Waals surface area contributed by atoms with Gasteiger partial charge in [-0.25, -0.2) is 4.98 Å². The van der Waals surface area contributed by atoms with Gasteiger partial charge in [0.2, 0.25) is 5.91 Å². The van der Waals surface area contributed by atoms with Gasteiger partial charge in [-0.1, -0.05) is 6.07 Å². The molecule has 1 amide bonds. The van der Waals surface area contributed by atoms with Crippen molar-refractivity contribution in [2.75, 3.05) is 0 Å². The number of hydrogen-bond donors (Lipinski definition) is 1. The first-order chi connectivity index (χ1) is 9.66. The standard InChI is InChI=1S/C13H11N3O2S2/c14-10(17)3-4-16-7-15-12-11(13(16)18)8(6-20-12)9-2-1-5-19-9/h1-2,5-7H,3-4H2,(H2,14,17). The van der Waals surface area contributed by atoms with E-state index in [1.54, 1.807) is 11.3 Å². The Bertz CT molecular complexity index is 818. The van der Waals surface area contributed by atoms with Gasteiger partial charge in [-0.2, -0.15) is 0 Å². The first-order valence-corrected chi connectivity index (χ1v) is 7.71. The van der Waals surface area contributed by atoms with Gasteiger partial charge in [-0.3, -0.25) is 14.2 Å². The monoisotopic (exact) mass is 305 g/mol. The smallest absolute Gasteiger partial charge is 0.262 e. The minimum absolute atomic E-state index is 0.124. The molecule has 102 valence electrons. The van der Waals surface area contributed by atoms with Crippen LogP contribution in [0.25, 0.3) is 20.7 Å². The highest BCUT2D eigenvalue weighted by molar-refractivity contribution is 7.18. The van der Waals surface area contributed by atoms with Crippen molar-refractivity contribution < 1.29 is 4.79 Å². The normalized spacial score (nSPS) is 11.0. The first-order valence-electron chi connectivity index (χ1n) is 5.95. The van der Waals surface area contributed by atoms with E-state index in [1.165, 1.54) is 22.2 Å². The van der Waals surface area contributed by atoms with Gasteiger partial charge in [-0.15, -0.1) is 22.7 Å². The molecule has 0 saturated heterocycles. The second kappa shape index (κ2) is 5.18. The molecule has 0 spiro atoms. The second-order valence-electron chi connectivity index (χ2n) is 4.27. The quantitative estimate of drug-likeness (QED) is 0.801. The van der Waals surface area contributed by atoms with Gasteiger partial charge in [0, 0.05) is 28.8 Å². The summed E-state index contributed by atoms with van der Waals surface area (Å²) in [5.74, 6) is -0.430. The summed E-state index contributed by atoms with van der Waals surface area (Å²) >= 11 is 3.03. The fourth-order valence-corrected chi connectivity index (χ4v) is 3.69. The molecule has 0 aliphatic heterocycles. The number of amides is 1. The number of nitrogens with two attached hydrogens (primary N) is 1. The topological polar surface area (TPSA) is 78.0 Å². The number of primary amides is 1. The third-order valence-corrected chi connectivity index (χ3v) is 4.74. The van der Waals surface area contributed by atoms with Gasteiger partial charge < -0.3 is 5.73 Å². The summed E-state index contributed by atoms with van der Waals surface area (Å²) in [5.41, 5.74) is 5.90. The molecule has 0 unspecified atom stereocenters. The number of carbonyl (C=O) groups is 1. The summed E-state index contributed by atoms with van der Waals surface area (Å²) in [4.78, 5) is 29.4. The van der Waals surface area contributed by atoms with Gasteiger partial charge in [0.1, 0.15) is 4.83 Å². The third-order valence-electron chi connectivity index (χ3n) is 2.95. The molecule has 0 atom stereocenters. The molecule has 3 heterocycles. The predicted molar refractivity (Wildman–Crippen MR) is 81.0 cm³/mol. The molecule has 0 aliphatic rings. The molecule has 3 rings (SSSR count). The Morgan fingerprint density at radius 3 is 2.95 bits per heavy atom. The Labute approximate surface area is 122 Å². The predicted octanol–water partition coefficient (Wildman–Crippen LogP) is 2.06. The summed E-state index contributed by atoms with van der Waals surface area (Å²) in [6, 6.07) is 3.93. The minimum atomic E-state index is -0.430. The van der Waals surface area contributed by atoms with E-state index < -0.39 is 5.91 Å². The van der Waals surface area contributed by atoms with Crippen molar-refractivity contribution in [3.8, 4) is 10.4 Å². The average molecular weight is 305 g/mol. The van der Waals surface area contributed by atoms with Crippen LogP contribution in [0.3, 0.4) is 0 Å². The lowest BCUT2D eigenvalue weighted by atomic mass is 10.2. The van der Waals surface area contributed by atoms with E-state index in [2.05, 4.69) is 4.98 Å². The van der Waals surface area contributed by atoms with E-state index >= 15 is 0 Å². The minimum Gasteiger partial charge on any atom is -0.370 e. The molecule has 0 saturated carbocycles. The lowest BCUT2D eigenvalue weighted by Crippen LogP contribution is -2.23. The second-order valence-corrected chi connectivity index (χ2v) is 6.07. The zero-order valence-corrected chi connectivity index (χ0v) is 12.0. The van der Waals surface area contributed by atoms with Crippen molar-refractivity contribution in [1.82, 2.24) is 9.55 Å². The Morgan fingerprint density at radius 1 is 1.40 bits per heavy atom. The summed E-state index contributed by atoms with van der Waals surface area (Å²) in [6.45, 7) is 0.261. The molecule has 0 radical (unpaired) electrons. The fourth-order valence-electron chi connectivity index (χ4n) is 1.97. The molecule has 2 N–H and O–H groups in total. The van der Waals surface area contributed by atoms with Crippen LogP contribution in [0.5, 0.6) is 0 Å². The van der Waals surface area contributed by atoms with Crippen LogP contribution in [-0.2, 0) is 11.3 Å². The van der Waals surface area contributed by atoms with Crippen LogP contribution in [0, 0.1) is 0 Å². The van der Waals surface area contributed by atoms with Crippen LogP contribution in [0.4, 0.5) is 0 Å². The summed E-state index contributed by atoms with van der Waals surface area (Å²) in [7, 11) is 0. The van der Waals surface area contributed by atoms with Gasteiger partial charge in [0.25, 0.3) is 5.56 Å². The number of carbonyl (C=O) groups excluding carboxylic acids is 1. The van der Waals surface area contributed by atoms with Gasteiger partial charge >= 0.3 is 0 Å². The van der Waals surface area contributed by atoms with Crippen LogP contribution in [0.2, 0.25) is 0 Å². The highest BCUT2D eigenvalue weighted by Crippen LogP contribution is 2.33. The maximum absolute atomic E-state index is 12.5. The lowest BCUT2D eigenvalue weighted by molar-refractivity contribution is -0.118. The lowest BCUT2D eigenvalue weighted by Gasteiger charge is -2.03. The summed E-state index contributed by atoms with van der Waals surface area (Å²) in [5, 5.41) is 4.54. The van der Waals surface area contributed by atoms with E-state index in [-0.39, 0.29) is 18.5 Å². The zero-order valence-electron chi connectivity index (χ0n) is 10.4. The third kappa shape index (κ3) is 2.25. The van der Waals surface area contributed by atoms with Crippen molar-refractivity contribution in [2.45, 2.75) is 13.0 Å². The van der Waals surface area contributed by atoms with E-state index in [4.69, 9.17) is 5.73 Å². The average Bonchev–Trinajstić information content (AvgIpc) is 3.06. The molecule has 0 aliphatic carbocycles. The number of fused-ring (bicyclic) bond motifs is 1. The van der Waals surface area contributed by atoms with Gasteiger partial charge in [0.15, 0.2) is 0 Å². The molecule has 5 nitrogen and oxygen atoms in total. The Balaban J connectivity index is 2.13. The van der Waals surface area contributed by atoms with Crippen LogP contribution < -0.4 is 11.3 Å². The summed E-state index contributed by atoms with van der Waals surface area (Å²) < 4.78 is 1.44. The largest absolute Gasteiger partial charge is 0.370 e. The van der Waals surface area contributed by atoms with Crippen molar-refractivity contribution in [3.63, 3.8) is 0 Å². The van der Waals surface area contributed by atoms with Crippen molar-refractivity contribution in [1.29, 1.82) is 0 Å².